The Labute approximate surface area is 277 Å². The molecule has 1 saturated carbocycles. The maximum atomic E-state index is 14.3. The number of phenols is 1. The molecular formula is C34H28N4O11. The minimum absolute atomic E-state index is 0.0363. The van der Waals surface area contributed by atoms with Crippen molar-refractivity contribution in [3.05, 3.63) is 98.1 Å². The van der Waals surface area contributed by atoms with Gasteiger partial charge in [0.25, 0.3) is 11.4 Å². The zero-order chi connectivity index (χ0) is 34.9. The van der Waals surface area contributed by atoms with Crippen LogP contribution in [0.4, 0.5) is 22.7 Å². The van der Waals surface area contributed by atoms with Gasteiger partial charge in [0.2, 0.25) is 23.6 Å². The summed E-state index contributed by atoms with van der Waals surface area (Å²) in [5, 5.41) is 33.9. The van der Waals surface area contributed by atoms with Crippen LogP contribution < -0.4 is 19.3 Å². The number of hydrogen-bond donors (Lipinski definition) is 1. The number of hydrogen-bond acceptors (Lipinski definition) is 11. The summed E-state index contributed by atoms with van der Waals surface area (Å²) in [7, 11) is 2.79. The van der Waals surface area contributed by atoms with Crippen molar-refractivity contribution in [2.75, 3.05) is 24.0 Å². The Hall–Kier alpha value is -6.12. The van der Waals surface area contributed by atoms with Crippen LogP contribution in [-0.4, -0.2) is 52.8 Å². The molecule has 0 spiro atoms. The Morgan fingerprint density at radius 1 is 0.714 bits per heavy atom. The molecule has 1 N–H and O–H groups in total. The zero-order valence-electron chi connectivity index (χ0n) is 26.0. The molecule has 6 atom stereocenters. The number of nitro benzene ring substituents is 2. The number of non-ortho nitro benzene ring substituents is 2. The fourth-order valence-corrected chi connectivity index (χ4v) is 8.05. The fourth-order valence-electron chi connectivity index (χ4n) is 8.05. The van der Waals surface area contributed by atoms with Gasteiger partial charge in [-0.3, -0.25) is 49.2 Å². The number of rotatable bonds is 7. The van der Waals surface area contributed by atoms with E-state index in [0.29, 0.717) is 5.57 Å². The average molecular weight is 669 g/mol. The molecule has 2 heterocycles. The molecule has 2 aliphatic carbocycles. The molecule has 250 valence electrons. The lowest BCUT2D eigenvalue weighted by molar-refractivity contribution is -0.385. The van der Waals surface area contributed by atoms with Gasteiger partial charge in [-0.25, -0.2) is 0 Å². The average Bonchev–Trinajstić information content (AvgIpc) is 3.50. The van der Waals surface area contributed by atoms with E-state index in [4.69, 9.17) is 9.47 Å². The van der Waals surface area contributed by atoms with E-state index in [1.807, 2.05) is 0 Å². The predicted octanol–water partition coefficient (Wildman–Crippen LogP) is 4.27. The van der Waals surface area contributed by atoms with E-state index in [2.05, 4.69) is 0 Å². The Kier molecular flexibility index (Phi) is 7.41. The van der Waals surface area contributed by atoms with Crippen molar-refractivity contribution < 1.29 is 43.6 Å². The highest BCUT2D eigenvalue weighted by molar-refractivity contribution is 6.24. The number of anilines is 2. The molecule has 3 aromatic carbocycles. The van der Waals surface area contributed by atoms with Gasteiger partial charge in [0, 0.05) is 47.9 Å². The minimum Gasteiger partial charge on any atom is -0.507 e. The number of nitrogens with zero attached hydrogens (tertiary/aromatic N) is 4. The monoisotopic (exact) mass is 668 g/mol. The van der Waals surface area contributed by atoms with Crippen LogP contribution in [0.25, 0.3) is 0 Å². The number of phenolic OH excluding ortho intramolecular Hbond substituents is 1. The molecule has 0 bridgehead atoms. The van der Waals surface area contributed by atoms with Gasteiger partial charge < -0.3 is 14.6 Å². The molecule has 3 fully saturated rings. The third-order valence-electron chi connectivity index (χ3n) is 10.1. The van der Waals surface area contributed by atoms with Gasteiger partial charge in [0.05, 0.1) is 59.1 Å². The second-order valence-electron chi connectivity index (χ2n) is 12.4. The lowest BCUT2D eigenvalue weighted by Gasteiger charge is -2.44. The molecule has 15 heteroatoms. The third-order valence-corrected chi connectivity index (χ3v) is 10.1. The van der Waals surface area contributed by atoms with Crippen LogP contribution in [0.3, 0.4) is 0 Å². The van der Waals surface area contributed by atoms with E-state index in [1.54, 1.807) is 6.08 Å². The molecule has 2 aliphatic heterocycles. The van der Waals surface area contributed by atoms with Gasteiger partial charge >= 0.3 is 0 Å². The number of amides is 4. The number of fused-ring (bicyclic) bond motifs is 4. The summed E-state index contributed by atoms with van der Waals surface area (Å²) < 4.78 is 11.0. The summed E-state index contributed by atoms with van der Waals surface area (Å²) in [4.78, 5) is 79.8. The maximum Gasteiger partial charge on any atom is 0.269 e. The van der Waals surface area contributed by atoms with Crippen molar-refractivity contribution in [2.24, 2.45) is 29.6 Å². The predicted molar refractivity (Wildman–Crippen MR) is 170 cm³/mol. The van der Waals surface area contributed by atoms with Crippen LogP contribution in [-0.2, 0) is 19.2 Å². The van der Waals surface area contributed by atoms with Gasteiger partial charge in [-0.05, 0) is 43.0 Å². The van der Waals surface area contributed by atoms with E-state index in [1.165, 1.54) is 74.9 Å². The first-order valence-electron chi connectivity index (χ1n) is 15.4. The number of ether oxygens (including phenoxy) is 2. The van der Waals surface area contributed by atoms with Crippen molar-refractivity contribution >= 4 is 46.4 Å². The van der Waals surface area contributed by atoms with Crippen LogP contribution in [0.5, 0.6) is 17.2 Å². The largest absolute Gasteiger partial charge is 0.507 e. The molecule has 3 aromatic rings. The number of nitro groups is 2. The summed E-state index contributed by atoms with van der Waals surface area (Å²) in [6, 6.07) is 13.0. The highest BCUT2D eigenvalue weighted by Gasteiger charge is 2.63. The summed E-state index contributed by atoms with van der Waals surface area (Å²) >= 11 is 0. The zero-order valence-corrected chi connectivity index (χ0v) is 26.0. The molecule has 0 radical (unpaired) electrons. The standard InChI is InChI=1S/C34H28N4O11/c1-48-20-13-25(39)30(26(14-20)49-2)28-21-11-12-22-27(33(42)35(31(22)40)16-3-7-18(8-4-16)37(44)45)23(21)15-24-29(28)34(43)36(32(24)41)17-5-9-19(10-6-17)38(46)47/h3-11,13-14,22-24,27-29,39H,12,15H2,1-2H3/t22-,23+,24+,27-,28-,29+/m0/s1. The van der Waals surface area contributed by atoms with E-state index in [-0.39, 0.29) is 58.4 Å². The number of methoxy groups -OCH3 is 2. The van der Waals surface area contributed by atoms with Gasteiger partial charge in [-0.15, -0.1) is 0 Å². The smallest absolute Gasteiger partial charge is 0.269 e. The van der Waals surface area contributed by atoms with Crippen molar-refractivity contribution in [3.8, 4) is 17.2 Å². The highest BCUT2D eigenvalue weighted by Crippen LogP contribution is 2.60. The summed E-state index contributed by atoms with van der Waals surface area (Å²) in [6.07, 6.45) is 1.97. The van der Waals surface area contributed by atoms with Crippen LogP contribution in [0.15, 0.2) is 72.3 Å². The number of aromatic hydroxyl groups is 1. The van der Waals surface area contributed by atoms with Crippen LogP contribution >= 0.6 is 0 Å². The normalized spacial score (nSPS) is 25.8. The fraction of sp³-hybridized carbons (Fsp3) is 0.294. The van der Waals surface area contributed by atoms with Crippen molar-refractivity contribution in [3.63, 3.8) is 0 Å². The summed E-state index contributed by atoms with van der Waals surface area (Å²) in [5.41, 5.74) is 0.678. The van der Waals surface area contributed by atoms with Gasteiger partial charge in [0.1, 0.15) is 17.2 Å². The van der Waals surface area contributed by atoms with E-state index >= 15 is 0 Å². The lowest BCUT2D eigenvalue weighted by atomic mass is 9.57. The SMILES string of the molecule is COc1cc(O)c([C@H]2C3=CC[C@@H]4C(=O)N(c5ccc([N+](=O)[O-])cc5)C(=O)[C@@H]4[C@@H]3C[C@H]3C(=O)N(c4ccc([N+](=O)[O-])cc4)C(=O)[C@@H]23)c(OC)c1. The van der Waals surface area contributed by atoms with E-state index < -0.39 is 69.0 Å². The van der Waals surface area contributed by atoms with Gasteiger partial charge in [0.15, 0.2) is 0 Å². The number of benzene rings is 3. The maximum absolute atomic E-state index is 14.3. The van der Waals surface area contributed by atoms with E-state index in [0.717, 1.165) is 9.80 Å². The third kappa shape index (κ3) is 4.71. The number of carbonyl (C=O) groups is 4. The van der Waals surface area contributed by atoms with Gasteiger partial charge in [-0.1, -0.05) is 11.6 Å². The van der Waals surface area contributed by atoms with Gasteiger partial charge in [-0.2, -0.15) is 0 Å². The van der Waals surface area contributed by atoms with Crippen LogP contribution in [0.2, 0.25) is 0 Å². The molecule has 2 saturated heterocycles. The van der Waals surface area contributed by atoms with Crippen molar-refractivity contribution in [2.45, 2.75) is 18.8 Å². The first-order valence-corrected chi connectivity index (χ1v) is 15.4. The van der Waals surface area contributed by atoms with Crippen molar-refractivity contribution in [1.82, 2.24) is 0 Å². The van der Waals surface area contributed by atoms with Crippen LogP contribution in [0, 0.1) is 49.8 Å². The Bertz CT molecular complexity index is 1990. The quantitative estimate of drug-likeness (QED) is 0.163. The number of imide groups is 2. The second kappa shape index (κ2) is 11.5. The molecule has 4 aliphatic rings. The Morgan fingerprint density at radius 3 is 1.76 bits per heavy atom. The van der Waals surface area contributed by atoms with Crippen molar-refractivity contribution in [1.29, 1.82) is 0 Å². The molecule has 0 aromatic heterocycles. The Morgan fingerprint density at radius 2 is 1.24 bits per heavy atom. The summed E-state index contributed by atoms with van der Waals surface area (Å²) in [6.45, 7) is 0. The molecule has 49 heavy (non-hydrogen) atoms. The first kappa shape index (κ1) is 31.5. The lowest BCUT2D eigenvalue weighted by Crippen LogP contribution is -2.43. The topological polar surface area (TPSA) is 200 Å². The molecule has 0 unspecified atom stereocenters. The molecule has 15 nitrogen and oxygen atoms in total. The number of carbonyl (C=O) groups excluding carboxylic acids is 4. The molecule has 7 rings (SSSR count). The van der Waals surface area contributed by atoms with Crippen LogP contribution in [0.1, 0.15) is 24.3 Å². The molecular weight excluding hydrogens is 640 g/mol. The minimum atomic E-state index is -1.05. The number of allylic oxidation sites excluding steroid dienone is 2. The Balaban J connectivity index is 1.34. The molecule has 4 amide bonds. The first-order chi connectivity index (χ1) is 23.5. The second-order valence-corrected chi connectivity index (χ2v) is 12.4. The highest BCUT2D eigenvalue weighted by atomic mass is 16.6. The van der Waals surface area contributed by atoms with E-state index in [9.17, 15) is 44.5 Å². The summed E-state index contributed by atoms with van der Waals surface area (Å²) in [5.74, 6) is -7.41.